The quantitative estimate of drug-likeness (QED) is 0.851. The smallest absolute Gasteiger partial charge is 0.339 e. The molecular formula is C18H22O6. The van der Waals surface area contributed by atoms with E-state index >= 15 is 0 Å². The van der Waals surface area contributed by atoms with Gasteiger partial charge < -0.3 is 19.3 Å². The van der Waals surface area contributed by atoms with Gasteiger partial charge in [0.25, 0.3) is 0 Å². The minimum Gasteiger partial charge on any atom is -0.478 e. The molecule has 2 heterocycles. The van der Waals surface area contributed by atoms with Crippen LogP contribution in [0.2, 0.25) is 0 Å². The first-order valence-electron chi connectivity index (χ1n) is 8.15. The van der Waals surface area contributed by atoms with Gasteiger partial charge in [-0.25, -0.2) is 9.59 Å². The Bertz CT molecular complexity index is 642. The number of hydrogen-bond donors (Lipinski definition) is 1. The van der Waals surface area contributed by atoms with Gasteiger partial charge in [-0.2, -0.15) is 0 Å². The fraction of sp³-hybridized carbons (Fsp3) is 0.556. The third kappa shape index (κ3) is 2.80. The largest absolute Gasteiger partial charge is 0.478 e. The van der Waals surface area contributed by atoms with Gasteiger partial charge in [-0.15, -0.1) is 0 Å². The summed E-state index contributed by atoms with van der Waals surface area (Å²) < 4.78 is 17.3. The number of carbonyl (C=O) groups excluding carboxylic acids is 1. The number of carboxylic acids is 1. The van der Waals surface area contributed by atoms with E-state index in [0.717, 1.165) is 6.42 Å². The van der Waals surface area contributed by atoms with E-state index in [1.54, 1.807) is 19.2 Å². The highest BCUT2D eigenvalue weighted by atomic mass is 16.6. The van der Waals surface area contributed by atoms with E-state index in [1.807, 2.05) is 6.92 Å². The fourth-order valence-electron chi connectivity index (χ4n) is 3.97. The third-order valence-electron chi connectivity index (χ3n) is 5.12. The molecule has 0 aromatic heterocycles. The van der Waals surface area contributed by atoms with Gasteiger partial charge in [0, 0.05) is 13.0 Å². The summed E-state index contributed by atoms with van der Waals surface area (Å²) in [6.07, 6.45) is -0.124. The van der Waals surface area contributed by atoms with E-state index in [9.17, 15) is 14.7 Å². The van der Waals surface area contributed by atoms with Gasteiger partial charge in [0.05, 0.1) is 23.3 Å². The van der Waals surface area contributed by atoms with E-state index in [1.165, 1.54) is 12.1 Å². The molecule has 2 aliphatic heterocycles. The number of rotatable bonds is 4. The van der Waals surface area contributed by atoms with Crippen molar-refractivity contribution in [1.82, 2.24) is 0 Å². The minimum atomic E-state index is -1.16. The van der Waals surface area contributed by atoms with Crippen LogP contribution in [-0.4, -0.2) is 48.6 Å². The van der Waals surface area contributed by atoms with Crippen LogP contribution in [0.4, 0.5) is 0 Å². The lowest BCUT2D eigenvalue weighted by atomic mass is 9.89. The van der Waals surface area contributed by atoms with Crippen LogP contribution in [0.3, 0.4) is 0 Å². The highest BCUT2D eigenvalue weighted by Gasteiger charge is 2.52. The number of esters is 1. The Kier molecular flexibility index (Phi) is 4.60. The molecule has 0 saturated carbocycles. The van der Waals surface area contributed by atoms with Crippen molar-refractivity contribution >= 4 is 11.9 Å². The van der Waals surface area contributed by atoms with Gasteiger partial charge in [0.15, 0.2) is 6.10 Å². The average molecular weight is 334 g/mol. The zero-order valence-corrected chi connectivity index (χ0v) is 14.0. The van der Waals surface area contributed by atoms with E-state index < -0.39 is 18.0 Å². The molecule has 0 amide bonds. The predicted molar refractivity (Wildman–Crippen MR) is 85.0 cm³/mol. The number of ether oxygens (including phenoxy) is 3. The van der Waals surface area contributed by atoms with Crippen molar-refractivity contribution in [2.24, 2.45) is 11.8 Å². The molecule has 0 radical (unpaired) electrons. The molecule has 6 nitrogen and oxygen atoms in total. The molecule has 0 spiro atoms. The highest BCUT2D eigenvalue weighted by molar-refractivity contribution is 6.02. The van der Waals surface area contributed by atoms with E-state index in [-0.39, 0.29) is 35.4 Å². The van der Waals surface area contributed by atoms with Gasteiger partial charge in [-0.1, -0.05) is 26.0 Å². The van der Waals surface area contributed by atoms with Gasteiger partial charge >= 0.3 is 11.9 Å². The summed E-state index contributed by atoms with van der Waals surface area (Å²) in [6.45, 7) is 4.15. The second-order valence-electron chi connectivity index (χ2n) is 6.63. The Labute approximate surface area is 140 Å². The maximum atomic E-state index is 12.6. The first-order chi connectivity index (χ1) is 11.4. The summed E-state index contributed by atoms with van der Waals surface area (Å²) >= 11 is 0. The second-order valence-corrected chi connectivity index (χ2v) is 6.63. The number of carboxylic acid groups (broad SMARTS) is 1. The normalized spacial score (nSPS) is 34.8. The van der Waals surface area contributed by atoms with Crippen LogP contribution < -0.4 is 0 Å². The highest BCUT2D eigenvalue weighted by Crippen LogP contribution is 2.42. The molecular weight excluding hydrogens is 312 g/mol. The van der Waals surface area contributed by atoms with Crippen LogP contribution in [-0.2, 0) is 14.2 Å². The second kappa shape index (κ2) is 6.53. The number of fused-ring (bicyclic) bond motifs is 2. The SMILES string of the molecule is CO[C@H]1[C@H](C)[C@@H]2O[C@@H](C[C@H]2C)[C@H]1OC(=O)c1ccccc1C(=O)O. The summed E-state index contributed by atoms with van der Waals surface area (Å²) in [5.74, 6) is -1.35. The Hall–Kier alpha value is -1.92. The molecule has 3 rings (SSSR count). The average Bonchev–Trinajstić information content (AvgIpc) is 2.91. The topological polar surface area (TPSA) is 82.1 Å². The molecule has 2 saturated heterocycles. The van der Waals surface area contributed by atoms with Crippen LogP contribution in [0.1, 0.15) is 41.0 Å². The van der Waals surface area contributed by atoms with Crippen molar-refractivity contribution in [2.75, 3.05) is 7.11 Å². The molecule has 1 aromatic carbocycles. The van der Waals surface area contributed by atoms with Crippen molar-refractivity contribution in [3.8, 4) is 0 Å². The van der Waals surface area contributed by atoms with Gasteiger partial charge in [0.2, 0.25) is 0 Å². The molecule has 6 heteroatoms. The summed E-state index contributed by atoms with van der Waals surface area (Å²) in [4.78, 5) is 23.9. The monoisotopic (exact) mass is 334 g/mol. The Balaban J connectivity index is 1.84. The Morgan fingerprint density at radius 1 is 1.17 bits per heavy atom. The predicted octanol–water partition coefficient (Wildman–Crippen LogP) is 2.37. The van der Waals surface area contributed by atoms with Gasteiger partial charge in [0.1, 0.15) is 6.10 Å². The van der Waals surface area contributed by atoms with Crippen LogP contribution in [0.25, 0.3) is 0 Å². The Morgan fingerprint density at radius 2 is 1.83 bits per heavy atom. The molecule has 6 atom stereocenters. The van der Waals surface area contributed by atoms with Gasteiger partial charge in [-0.05, 0) is 24.5 Å². The number of carbonyl (C=O) groups is 2. The lowest BCUT2D eigenvalue weighted by molar-refractivity contribution is -0.179. The Morgan fingerprint density at radius 3 is 2.46 bits per heavy atom. The van der Waals surface area contributed by atoms with Crippen molar-refractivity contribution in [3.05, 3.63) is 35.4 Å². The molecule has 24 heavy (non-hydrogen) atoms. The van der Waals surface area contributed by atoms with E-state index in [4.69, 9.17) is 14.2 Å². The van der Waals surface area contributed by atoms with Gasteiger partial charge in [-0.3, -0.25) is 0 Å². The third-order valence-corrected chi connectivity index (χ3v) is 5.12. The number of hydrogen-bond acceptors (Lipinski definition) is 5. The molecule has 1 N–H and O–H groups in total. The first-order valence-corrected chi connectivity index (χ1v) is 8.15. The van der Waals surface area contributed by atoms with Crippen molar-refractivity contribution in [3.63, 3.8) is 0 Å². The van der Waals surface area contributed by atoms with Crippen molar-refractivity contribution in [1.29, 1.82) is 0 Å². The zero-order valence-electron chi connectivity index (χ0n) is 14.0. The van der Waals surface area contributed by atoms with Crippen LogP contribution >= 0.6 is 0 Å². The van der Waals surface area contributed by atoms with Crippen molar-refractivity contribution < 1.29 is 28.9 Å². The van der Waals surface area contributed by atoms with Crippen LogP contribution in [0.15, 0.2) is 24.3 Å². The van der Waals surface area contributed by atoms with E-state index in [0.29, 0.717) is 5.92 Å². The molecule has 2 fully saturated rings. The first kappa shape index (κ1) is 16.9. The van der Waals surface area contributed by atoms with E-state index in [2.05, 4.69) is 6.92 Å². The number of methoxy groups -OCH3 is 1. The zero-order chi connectivity index (χ0) is 17.4. The molecule has 1 aromatic rings. The summed E-state index contributed by atoms with van der Waals surface area (Å²) in [5, 5.41) is 9.24. The summed E-state index contributed by atoms with van der Waals surface area (Å²) in [7, 11) is 1.60. The molecule has 2 bridgehead atoms. The lowest BCUT2D eigenvalue weighted by Gasteiger charge is -2.40. The van der Waals surface area contributed by atoms with Crippen molar-refractivity contribution in [2.45, 2.75) is 44.7 Å². The number of aromatic carboxylic acids is 1. The molecule has 130 valence electrons. The number of benzene rings is 1. The van der Waals surface area contributed by atoms with Crippen LogP contribution in [0.5, 0.6) is 0 Å². The molecule has 0 unspecified atom stereocenters. The maximum absolute atomic E-state index is 12.6. The fourth-order valence-corrected chi connectivity index (χ4v) is 3.97. The molecule has 2 aliphatic rings. The maximum Gasteiger partial charge on any atom is 0.339 e. The summed E-state index contributed by atoms with van der Waals surface area (Å²) in [6, 6.07) is 6.04. The lowest BCUT2D eigenvalue weighted by Crippen LogP contribution is -2.52. The molecule has 0 aliphatic carbocycles. The standard InChI is InChI=1S/C18H22O6/c1-9-8-13-16(15(22-3)10(2)14(9)23-13)24-18(21)12-7-5-4-6-11(12)17(19)20/h4-7,9-10,13-16H,8H2,1-3H3,(H,19,20)/t9-,10-,13+,14-,15+,16-/m1/s1. The minimum absolute atomic E-state index is 0.0423. The summed E-state index contributed by atoms with van der Waals surface area (Å²) in [5.41, 5.74) is -0.0282. The van der Waals surface area contributed by atoms with Crippen LogP contribution in [0, 0.1) is 11.8 Å².